The van der Waals surface area contributed by atoms with Gasteiger partial charge in [-0.3, -0.25) is 9.98 Å². The minimum atomic E-state index is 0.446. The molecular weight excluding hydrogens is 254 g/mol. The van der Waals surface area contributed by atoms with Crippen LogP contribution in [0.15, 0.2) is 59.9 Å². The van der Waals surface area contributed by atoms with Crippen LogP contribution in [0.4, 0.5) is 0 Å². The first-order valence-electron chi connectivity index (χ1n) is 6.30. The lowest BCUT2D eigenvalue weighted by Crippen LogP contribution is -2.18. The molecular formula is C15H15N3S. The monoisotopic (exact) mass is 269 g/mol. The van der Waals surface area contributed by atoms with Gasteiger partial charge in [0.05, 0.1) is 11.8 Å². The maximum Gasteiger partial charge on any atom is 0.157 e. The number of rotatable bonds is 3. The highest BCUT2D eigenvalue weighted by molar-refractivity contribution is 8.14. The molecule has 2 heterocycles. The lowest BCUT2D eigenvalue weighted by Gasteiger charge is -2.09. The standard InChI is InChI=1S/C15H15N3S/c1-2-4-13(5-3-1)14-11-18-15(19-14)17-10-12-6-8-16-9-7-12/h1-9,14H,10-11H2,(H,17,18). The third-order valence-electron chi connectivity index (χ3n) is 3.02. The number of aliphatic imine (C=N–C) groups is 1. The molecule has 96 valence electrons. The third-order valence-corrected chi connectivity index (χ3v) is 4.22. The van der Waals surface area contributed by atoms with Crippen LogP contribution < -0.4 is 5.32 Å². The number of nitrogens with one attached hydrogen (secondary N) is 1. The Balaban J connectivity index is 1.55. The second-order valence-corrected chi connectivity index (χ2v) is 5.56. The lowest BCUT2D eigenvalue weighted by atomic mass is 10.1. The molecule has 0 radical (unpaired) electrons. The van der Waals surface area contributed by atoms with Crippen molar-refractivity contribution < 1.29 is 0 Å². The van der Waals surface area contributed by atoms with E-state index in [0.29, 0.717) is 5.25 Å². The molecule has 0 saturated carbocycles. The molecule has 1 aromatic carbocycles. The fraction of sp³-hybridized carbons (Fsp3) is 0.200. The number of hydrogen-bond acceptors (Lipinski definition) is 4. The highest BCUT2D eigenvalue weighted by Crippen LogP contribution is 2.34. The molecule has 1 aromatic heterocycles. The van der Waals surface area contributed by atoms with Crippen LogP contribution in [0.2, 0.25) is 0 Å². The van der Waals surface area contributed by atoms with Gasteiger partial charge in [-0.25, -0.2) is 0 Å². The van der Waals surface area contributed by atoms with Gasteiger partial charge in [0, 0.05) is 18.9 Å². The zero-order chi connectivity index (χ0) is 12.9. The van der Waals surface area contributed by atoms with Crippen molar-refractivity contribution in [1.29, 1.82) is 0 Å². The van der Waals surface area contributed by atoms with E-state index < -0.39 is 0 Å². The molecule has 0 fully saturated rings. The Morgan fingerprint density at radius 3 is 2.68 bits per heavy atom. The zero-order valence-electron chi connectivity index (χ0n) is 10.5. The second kappa shape index (κ2) is 5.89. The van der Waals surface area contributed by atoms with Crippen LogP contribution in [0.25, 0.3) is 0 Å². The summed E-state index contributed by atoms with van der Waals surface area (Å²) >= 11 is 1.81. The van der Waals surface area contributed by atoms with Gasteiger partial charge in [0.2, 0.25) is 0 Å². The van der Waals surface area contributed by atoms with Crippen molar-refractivity contribution in [1.82, 2.24) is 10.3 Å². The molecule has 1 aliphatic rings. The number of thioether (sulfide) groups is 1. The van der Waals surface area contributed by atoms with Crippen molar-refractivity contribution >= 4 is 16.9 Å². The van der Waals surface area contributed by atoms with E-state index in [-0.39, 0.29) is 0 Å². The van der Waals surface area contributed by atoms with Crippen molar-refractivity contribution in [2.75, 3.05) is 6.54 Å². The van der Waals surface area contributed by atoms with E-state index in [2.05, 4.69) is 39.6 Å². The summed E-state index contributed by atoms with van der Waals surface area (Å²) in [7, 11) is 0. The van der Waals surface area contributed by atoms with Crippen LogP contribution in [-0.2, 0) is 6.54 Å². The smallest absolute Gasteiger partial charge is 0.157 e. The zero-order valence-corrected chi connectivity index (χ0v) is 11.3. The van der Waals surface area contributed by atoms with E-state index in [4.69, 9.17) is 0 Å². The Morgan fingerprint density at radius 2 is 1.89 bits per heavy atom. The van der Waals surface area contributed by atoms with Gasteiger partial charge in [0.25, 0.3) is 0 Å². The highest BCUT2D eigenvalue weighted by Gasteiger charge is 2.20. The van der Waals surface area contributed by atoms with E-state index in [1.54, 1.807) is 11.8 Å². The maximum atomic E-state index is 4.56. The minimum Gasteiger partial charge on any atom is -0.361 e. The summed E-state index contributed by atoms with van der Waals surface area (Å²) in [4.78, 5) is 8.58. The summed E-state index contributed by atoms with van der Waals surface area (Å²) in [6, 6.07) is 14.6. The van der Waals surface area contributed by atoms with E-state index in [9.17, 15) is 0 Å². The van der Waals surface area contributed by atoms with Crippen molar-refractivity contribution in [2.45, 2.75) is 11.8 Å². The Hall–Kier alpha value is -1.81. The predicted octanol–water partition coefficient (Wildman–Crippen LogP) is 3.02. The van der Waals surface area contributed by atoms with E-state index in [1.165, 1.54) is 11.1 Å². The Bertz CT molecular complexity index is 554. The van der Waals surface area contributed by atoms with Crippen molar-refractivity contribution in [3.05, 3.63) is 66.0 Å². The van der Waals surface area contributed by atoms with E-state index in [0.717, 1.165) is 18.3 Å². The molecule has 1 unspecified atom stereocenters. The van der Waals surface area contributed by atoms with Crippen LogP contribution in [0.1, 0.15) is 16.4 Å². The first kappa shape index (κ1) is 12.2. The quantitative estimate of drug-likeness (QED) is 0.930. The molecule has 3 nitrogen and oxygen atoms in total. The van der Waals surface area contributed by atoms with Gasteiger partial charge in [-0.2, -0.15) is 0 Å². The molecule has 0 aliphatic carbocycles. The van der Waals surface area contributed by atoms with Gasteiger partial charge in [-0.05, 0) is 23.3 Å². The first-order chi connectivity index (χ1) is 9.42. The SMILES string of the molecule is c1ccc(C2CN=C(NCc3ccncc3)S2)cc1. The number of hydrogen-bond donors (Lipinski definition) is 1. The molecule has 3 rings (SSSR count). The average molecular weight is 269 g/mol. The second-order valence-electron chi connectivity index (χ2n) is 4.37. The van der Waals surface area contributed by atoms with Crippen molar-refractivity contribution in [2.24, 2.45) is 4.99 Å². The van der Waals surface area contributed by atoms with Crippen LogP contribution in [0, 0.1) is 0 Å². The van der Waals surface area contributed by atoms with Crippen LogP contribution in [0.3, 0.4) is 0 Å². The fourth-order valence-corrected chi connectivity index (χ4v) is 3.01. The number of nitrogens with zero attached hydrogens (tertiary/aromatic N) is 2. The van der Waals surface area contributed by atoms with Gasteiger partial charge < -0.3 is 5.32 Å². The molecule has 1 atom stereocenters. The predicted molar refractivity (Wildman–Crippen MR) is 80.2 cm³/mol. The largest absolute Gasteiger partial charge is 0.361 e. The highest BCUT2D eigenvalue weighted by atomic mass is 32.2. The van der Waals surface area contributed by atoms with Gasteiger partial charge >= 0.3 is 0 Å². The third kappa shape index (κ3) is 3.15. The molecule has 19 heavy (non-hydrogen) atoms. The molecule has 0 spiro atoms. The Kier molecular flexibility index (Phi) is 3.79. The lowest BCUT2D eigenvalue weighted by molar-refractivity contribution is 0.909. The van der Waals surface area contributed by atoms with Crippen LogP contribution in [0.5, 0.6) is 0 Å². The average Bonchev–Trinajstić information content (AvgIpc) is 2.96. The van der Waals surface area contributed by atoms with Gasteiger partial charge in [-0.1, -0.05) is 42.1 Å². The van der Waals surface area contributed by atoms with Crippen molar-refractivity contribution in [3.63, 3.8) is 0 Å². The molecule has 1 N–H and O–H groups in total. The summed E-state index contributed by atoms with van der Waals surface area (Å²) in [5.74, 6) is 0. The maximum absolute atomic E-state index is 4.56. The summed E-state index contributed by atoms with van der Waals surface area (Å²) < 4.78 is 0. The fourth-order valence-electron chi connectivity index (χ4n) is 1.99. The van der Waals surface area contributed by atoms with Gasteiger partial charge in [0.1, 0.15) is 0 Å². The van der Waals surface area contributed by atoms with E-state index in [1.807, 2.05) is 30.6 Å². The molecule has 0 bridgehead atoms. The summed E-state index contributed by atoms with van der Waals surface area (Å²) in [6.07, 6.45) is 3.63. The number of pyridine rings is 1. The van der Waals surface area contributed by atoms with Crippen LogP contribution >= 0.6 is 11.8 Å². The topological polar surface area (TPSA) is 37.3 Å². The first-order valence-corrected chi connectivity index (χ1v) is 7.18. The molecule has 0 saturated heterocycles. The summed E-state index contributed by atoms with van der Waals surface area (Å²) in [5.41, 5.74) is 2.57. The summed E-state index contributed by atoms with van der Waals surface area (Å²) in [6.45, 7) is 1.66. The summed E-state index contributed by atoms with van der Waals surface area (Å²) in [5, 5.41) is 4.86. The minimum absolute atomic E-state index is 0.446. The van der Waals surface area contributed by atoms with E-state index >= 15 is 0 Å². The molecule has 1 aliphatic heterocycles. The Morgan fingerprint density at radius 1 is 1.11 bits per heavy atom. The number of benzene rings is 1. The normalized spacial score (nSPS) is 18.1. The molecule has 0 amide bonds. The number of aromatic nitrogens is 1. The number of amidine groups is 1. The Labute approximate surface area is 117 Å². The van der Waals surface area contributed by atoms with Gasteiger partial charge in [0.15, 0.2) is 5.17 Å². The molecule has 2 aromatic rings. The van der Waals surface area contributed by atoms with Gasteiger partial charge in [-0.15, -0.1) is 0 Å². The van der Waals surface area contributed by atoms with Crippen molar-refractivity contribution in [3.8, 4) is 0 Å². The van der Waals surface area contributed by atoms with Crippen LogP contribution in [-0.4, -0.2) is 16.7 Å². The molecule has 4 heteroatoms.